The fraction of sp³-hybridized carbons (Fsp3) is 0.667. The zero-order valence-corrected chi connectivity index (χ0v) is 14.0. The maximum atomic E-state index is 12.9. The van der Waals surface area contributed by atoms with E-state index < -0.39 is 16.0 Å². The molecule has 7 heteroatoms. The Labute approximate surface area is 132 Å². The van der Waals surface area contributed by atoms with Crippen LogP contribution in [0.15, 0.2) is 18.3 Å². The van der Waals surface area contributed by atoms with Crippen molar-refractivity contribution in [1.82, 2.24) is 14.7 Å². The van der Waals surface area contributed by atoms with E-state index in [-0.39, 0.29) is 6.54 Å². The molecular weight excluding hydrogens is 305 g/mol. The van der Waals surface area contributed by atoms with Gasteiger partial charge in [-0.15, -0.1) is 3.89 Å². The van der Waals surface area contributed by atoms with Gasteiger partial charge < -0.3 is 0 Å². The molecule has 1 atom stereocenters. The van der Waals surface area contributed by atoms with Crippen LogP contribution in [0.1, 0.15) is 30.5 Å². The molecule has 1 aliphatic carbocycles. The Bertz CT molecular complexity index is 625. The Hall–Kier alpha value is -1.21. The van der Waals surface area contributed by atoms with Gasteiger partial charge in [0.1, 0.15) is 0 Å². The normalized spacial score (nSPS) is 19.0. The smallest absolute Gasteiger partial charge is 0.296 e. The fourth-order valence-corrected chi connectivity index (χ4v) is 3.36. The lowest BCUT2D eigenvalue weighted by molar-refractivity contribution is 0.222. The first kappa shape index (κ1) is 17.1. The minimum absolute atomic E-state index is 0.203. The number of rotatable bonds is 7. The summed E-state index contributed by atoms with van der Waals surface area (Å²) in [6, 6.07) is 0. The third kappa shape index (κ3) is 5.53. The van der Waals surface area contributed by atoms with Gasteiger partial charge in [-0.1, -0.05) is 12.2 Å². The van der Waals surface area contributed by atoms with Crippen LogP contribution in [-0.4, -0.2) is 41.9 Å². The Morgan fingerprint density at radius 1 is 1.45 bits per heavy atom. The molecule has 0 amide bonds. The number of hydrogen-bond donors (Lipinski definition) is 0. The van der Waals surface area contributed by atoms with Crippen molar-refractivity contribution in [3.8, 4) is 0 Å². The first-order chi connectivity index (χ1) is 10.3. The standard InChI is InChI=1S/C15H24FN3O2S/c1-13-10-18(2)17-15(13)12-19(8-9-22(16,20)21)11-14-6-4-3-5-7-14/h3-4,10,14H,5-9,11-12H2,1-2H3. The summed E-state index contributed by atoms with van der Waals surface area (Å²) < 4.78 is 36.3. The molecule has 0 fully saturated rings. The molecule has 0 radical (unpaired) electrons. The van der Waals surface area contributed by atoms with Crippen molar-refractivity contribution in [2.75, 3.05) is 18.8 Å². The molecule has 0 bridgehead atoms. The summed E-state index contributed by atoms with van der Waals surface area (Å²) >= 11 is 0. The largest absolute Gasteiger partial charge is 0.303 e. The maximum absolute atomic E-state index is 12.9. The van der Waals surface area contributed by atoms with Gasteiger partial charge in [0.2, 0.25) is 0 Å². The average molecular weight is 329 g/mol. The van der Waals surface area contributed by atoms with Crippen LogP contribution in [0.5, 0.6) is 0 Å². The van der Waals surface area contributed by atoms with Crippen LogP contribution in [0, 0.1) is 12.8 Å². The van der Waals surface area contributed by atoms with E-state index >= 15 is 0 Å². The summed E-state index contributed by atoms with van der Waals surface area (Å²) in [5.74, 6) is 0.0397. The molecule has 0 aliphatic heterocycles. The molecule has 5 nitrogen and oxygen atoms in total. The third-order valence-corrected chi connectivity index (χ3v) is 4.70. The van der Waals surface area contributed by atoms with Gasteiger partial charge in [0, 0.05) is 32.9 Å². The second-order valence-corrected chi connectivity index (χ2v) is 7.55. The summed E-state index contributed by atoms with van der Waals surface area (Å²) in [6.45, 7) is 3.52. The molecule has 0 N–H and O–H groups in total. The number of nitrogens with zero attached hydrogens (tertiary/aromatic N) is 3. The van der Waals surface area contributed by atoms with Crippen molar-refractivity contribution >= 4 is 10.2 Å². The molecule has 124 valence electrons. The van der Waals surface area contributed by atoms with Gasteiger partial charge in [-0.3, -0.25) is 9.58 Å². The molecule has 22 heavy (non-hydrogen) atoms. The van der Waals surface area contributed by atoms with Crippen molar-refractivity contribution in [2.45, 2.75) is 32.7 Å². The van der Waals surface area contributed by atoms with Gasteiger partial charge in [-0.25, -0.2) is 0 Å². The number of aromatic nitrogens is 2. The second kappa shape index (κ2) is 7.37. The van der Waals surface area contributed by atoms with Crippen molar-refractivity contribution in [2.24, 2.45) is 13.0 Å². The summed E-state index contributed by atoms with van der Waals surface area (Å²) in [7, 11) is -2.58. The zero-order valence-electron chi connectivity index (χ0n) is 13.2. The molecular formula is C15H24FN3O2S. The highest BCUT2D eigenvalue weighted by Crippen LogP contribution is 2.20. The Kier molecular flexibility index (Phi) is 5.74. The molecule has 2 rings (SSSR count). The molecule has 1 aliphatic rings. The van der Waals surface area contributed by atoms with Crippen LogP contribution in [0.4, 0.5) is 3.89 Å². The van der Waals surface area contributed by atoms with Gasteiger partial charge in [0.25, 0.3) is 0 Å². The van der Waals surface area contributed by atoms with E-state index in [2.05, 4.69) is 17.3 Å². The average Bonchev–Trinajstić information content (AvgIpc) is 2.74. The lowest BCUT2D eigenvalue weighted by atomic mass is 9.94. The van der Waals surface area contributed by atoms with Crippen LogP contribution in [-0.2, 0) is 23.8 Å². The van der Waals surface area contributed by atoms with Gasteiger partial charge in [0.05, 0.1) is 11.4 Å². The van der Waals surface area contributed by atoms with Gasteiger partial charge >= 0.3 is 10.2 Å². The van der Waals surface area contributed by atoms with E-state index in [9.17, 15) is 12.3 Å². The third-order valence-electron chi connectivity index (χ3n) is 4.03. The number of allylic oxidation sites excluding steroid dienone is 2. The van der Waals surface area contributed by atoms with Crippen molar-refractivity contribution in [3.05, 3.63) is 29.6 Å². The SMILES string of the molecule is Cc1cn(C)nc1CN(CCS(=O)(=O)F)CC1CC=CCC1. The summed E-state index contributed by atoms with van der Waals surface area (Å²) in [5.41, 5.74) is 1.99. The van der Waals surface area contributed by atoms with E-state index in [4.69, 9.17) is 0 Å². The fourth-order valence-electron chi connectivity index (χ4n) is 2.88. The lowest BCUT2D eigenvalue weighted by Crippen LogP contribution is -2.33. The lowest BCUT2D eigenvalue weighted by Gasteiger charge is -2.27. The molecule has 0 aromatic carbocycles. The van der Waals surface area contributed by atoms with Crippen LogP contribution in [0.2, 0.25) is 0 Å². The van der Waals surface area contributed by atoms with Crippen molar-refractivity contribution in [3.63, 3.8) is 0 Å². The van der Waals surface area contributed by atoms with Crippen LogP contribution < -0.4 is 0 Å². The quantitative estimate of drug-likeness (QED) is 0.568. The highest BCUT2D eigenvalue weighted by atomic mass is 32.3. The monoisotopic (exact) mass is 329 g/mol. The molecule has 1 unspecified atom stereocenters. The van der Waals surface area contributed by atoms with Crippen molar-refractivity contribution < 1.29 is 12.3 Å². The molecule has 1 heterocycles. The minimum Gasteiger partial charge on any atom is -0.296 e. The van der Waals surface area contributed by atoms with Gasteiger partial charge in [-0.05, 0) is 37.7 Å². The van der Waals surface area contributed by atoms with Crippen molar-refractivity contribution in [1.29, 1.82) is 0 Å². The predicted octanol–water partition coefficient (Wildman–Crippen LogP) is 2.19. The maximum Gasteiger partial charge on any atom is 0.303 e. The highest BCUT2D eigenvalue weighted by molar-refractivity contribution is 7.86. The van der Waals surface area contributed by atoms with Crippen LogP contribution in [0.3, 0.4) is 0 Å². The van der Waals surface area contributed by atoms with E-state index in [0.717, 1.165) is 37.1 Å². The topological polar surface area (TPSA) is 55.2 Å². The Balaban J connectivity index is 2.02. The molecule has 0 saturated carbocycles. The van der Waals surface area contributed by atoms with Gasteiger partial charge in [0.15, 0.2) is 0 Å². The molecule has 1 aromatic heterocycles. The second-order valence-electron chi connectivity index (χ2n) is 6.06. The first-order valence-electron chi connectivity index (χ1n) is 7.62. The van der Waals surface area contributed by atoms with E-state index in [1.54, 1.807) is 4.68 Å². The zero-order chi connectivity index (χ0) is 16.2. The van der Waals surface area contributed by atoms with E-state index in [0.29, 0.717) is 12.5 Å². The summed E-state index contributed by atoms with van der Waals surface area (Å²) in [4.78, 5) is 2.01. The summed E-state index contributed by atoms with van der Waals surface area (Å²) in [6.07, 6.45) is 9.43. The van der Waals surface area contributed by atoms with E-state index in [1.807, 2.05) is 25.1 Å². The van der Waals surface area contributed by atoms with E-state index in [1.165, 1.54) is 0 Å². The Morgan fingerprint density at radius 3 is 2.77 bits per heavy atom. The summed E-state index contributed by atoms with van der Waals surface area (Å²) in [5, 5.41) is 4.41. The first-order valence-corrected chi connectivity index (χ1v) is 9.17. The van der Waals surface area contributed by atoms with Crippen LogP contribution in [0.25, 0.3) is 0 Å². The molecule has 0 spiro atoms. The minimum atomic E-state index is -4.44. The number of halogens is 1. The Morgan fingerprint density at radius 2 is 2.23 bits per heavy atom. The van der Waals surface area contributed by atoms with Crippen LogP contribution >= 0.6 is 0 Å². The number of aryl methyl sites for hydroxylation is 2. The van der Waals surface area contributed by atoms with Gasteiger partial charge in [-0.2, -0.15) is 13.5 Å². The predicted molar refractivity (Wildman–Crippen MR) is 84.6 cm³/mol. The molecule has 1 aromatic rings. The molecule has 0 saturated heterocycles. The number of hydrogen-bond acceptors (Lipinski definition) is 4. The highest BCUT2D eigenvalue weighted by Gasteiger charge is 2.19.